The van der Waals surface area contributed by atoms with Gasteiger partial charge in [-0.2, -0.15) is 0 Å². The molecule has 5 nitrogen and oxygen atoms in total. The van der Waals surface area contributed by atoms with Gasteiger partial charge in [0, 0.05) is 12.6 Å². The molecule has 1 N–H and O–H groups in total. The molecule has 0 aromatic heterocycles. The molecule has 1 amide bonds. The van der Waals surface area contributed by atoms with E-state index in [1.165, 1.54) is 12.8 Å². The highest BCUT2D eigenvalue weighted by molar-refractivity contribution is 5.82. The zero-order valence-corrected chi connectivity index (χ0v) is 13.1. The van der Waals surface area contributed by atoms with Crippen LogP contribution in [0.3, 0.4) is 0 Å². The van der Waals surface area contributed by atoms with Gasteiger partial charge >= 0.3 is 5.97 Å². The van der Waals surface area contributed by atoms with Crippen LogP contribution in [0.15, 0.2) is 0 Å². The fraction of sp³-hybridized carbons (Fsp3) is 0.875. The fourth-order valence-corrected chi connectivity index (χ4v) is 2.95. The van der Waals surface area contributed by atoms with Crippen molar-refractivity contribution >= 4 is 11.9 Å². The van der Waals surface area contributed by atoms with Crippen molar-refractivity contribution in [3.63, 3.8) is 0 Å². The van der Waals surface area contributed by atoms with Gasteiger partial charge in [-0.15, -0.1) is 0 Å². The number of hydrogen-bond donors (Lipinski definition) is 1. The van der Waals surface area contributed by atoms with Crippen LogP contribution in [0.25, 0.3) is 0 Å². The highest BCUT2D eigenvalue weighted by Gasteiger charge is 2.38. The number of carboxylic acids is 1. The van der Waals surface area contributed by atoms with Crippen LogP contribution in [0.1, 0.15) is 58.8 Å². The zero-order chi connectivity index (χ0) is 15.4. The molecule has 2 saturated carbocycles. The summed E-state index contributed by atoms with van der Waals surface area (Å²) in [7, 11) is 0. The maximum Gasteiger partial charge on any atom is 0.308 e. The molecule has 0 aromatic carbocycles. The van der Waals surface area contributed by atoms with E-state index in [2.05, 4.69) is 0 Å². The lowest BCUT2D eigenvalue weighted by molar-refractivity contribution is -0.151. The molecule has 0 aromatic rings. The summed E-state index contributed by atoms with van der Waals surface area (Å²) in [4.78, 5) is 25.5. The normalized spacial score (nSPS) is 22.0. The SMILES string of the molecule is CCC(OC1CCCC1)C(=O)N(CC(C)C(=O)O)C1CC1. The van der Waals surface area contributed by atoms with Crippen LogP contribution >= 0.6 is 0 Å². The number of amides is 1. The monoisotopic (exact) mass is 297 g/mol. The predicted molar refractivity (Wildman–Crippen MR) is 79.0 cm³/mol. The first kappa shape index (κ1) is 16.3. The molecule has 0 bridgehead atoms. The number of hydrogen-bond acceptors (Lipinski definition) is 3. The predicted octanol–water partition coefficient (Wildman–Crippen LogP) is 2.44. The summed E-state index contributed by atoms with van der Waals surface area (Å²) in [6.07, 6.45) is 6.86. The van der Waals surface area contributed by atoms with Gasteiger partial charge in [0.1, 0.15) is 6.10 Å². The number of carboxylic acid groups (broad SMARTS) is 1. The van der Waals surface area contributed by atoms with E-state index < -0.39 is 18.0 Å². The molecule has 2 unspecified atom stereocenters. The highest BCUT2D eigenvalue weighted by Crippen LogP contribution is 2.30. The van der Waals surface area contributed by atoms with Crippen LogP contribution < -0.4 is 0 Å². The molecule has 2 aliphatic carbocycles. The van der Waals surface area contributed by atoms with Crippen molar-refractivity contribution in [3.8, 4) is 0 Å². The summed E-state index contributed by atoms with van der Waals surface area (Å²) in [5.41, 5.74) is 0. The Morgan fingerprint density at radius 1 is 1.24 bits per heavy atom. The van der Waals surface area contributed by atoms with E-state index in [9.17, 15) is 9.59 Å². The number of carbonyl (C=O) groups excluding carboxylic acids is 1. The van der Waals surface area contributed by atoms with E-state index in [0.717, 1.165) is 25.7 Å². The van der Waals surface area contributed by atoms with E-state index in [4.69, 9.17) is 9.84 Å². The van der Waals surface area contributed by atoms with Crippen LogP contribution in [0.4, 0.5) is 0 Å². The highest BCUT2D eigenvalue weighted by atomic mass is 16.5. The fourth-order valence-electron chi connectivity index (χ4n) is 2.95. The van der Waals surface area contributed by atoms with Crippen LogP contribution in [-0.4, -0.2) is 46.7 Å². The zero-order valence-electron chi connectivity index (χ0n) is 13.1. The summed E-state index contributed by atoms with van der Waals surface area (Å²) < 4.78 is 5.98. The van der Waals surface area contributed by atoms with Crippen LogP contribution in [0, 0.1) is 5.92 Å². The molecule has 0 heterocycles. The minimum Gasteiger partial charge on any atom is -0.481 e. The number of carbonyl (C=O) groups is 2. The Kier molecular flexibility index (Phi) is 5.62. The first-order chi connectivity index (χ1) is 10.0. The second-order valence-electron chi connectivity index (χ2n) is 6.40. The van der Waals surface area contributed by atoms with Crippen LogP contribution in [-0.2, 0) is 14.3 Å². The lowest BCUT2D eigenvalue weighted by atomic mass is 10.1. The molecule has 0 aliphatic heterocycles. The Morgan fingerprint density at radius 2 is 1.86 bits per heavy atom. The first-order valence-corrected chi connectivity index (χ1v) is 8.21. The summed E-state index contributed by atoms with van der Waals surface area (Å²) in [6, 6.07) is 0.223. The van der Waals surface area contributed by atoms with Gasteiger partial charge in [-0.05, 0) is 32.1 Å². The average molecular weight is 297 g/mol. The van der Waals surface area contributed by atoms with Gasteiger partial charge < -0.3 is 14.7 Å². The van der Waals surface area contributed by atoms with Crippen LogP contribution in [0.5, 0.6) is 0 Å². The Bertz CT molecular complexity index is 374. The van der Waals surface area contributed by atoms with E-state index in [0.29, 0.717) is 13.0 Å². The van der Waals surface area contributed by atoms with Gasteiger partial charge in [-0.3, -0.25) is 9.59 Å². The van der Waals surface area contributed by atoms with Crippen molar-refractivity contribution in [2.24, 2.45) is 5.92 Å². The summed E-state index contributed by atoms with van der Waals surface area (Å²) in [5, 5.41) is 9.07. The number of nitrogens with zero attached hydrogens (tertiary/aromatic N) is 1. The van der Waals surface area contributed by atoms with Crippen LogP contribution in [0.2, 0.25) is 0 Å². The summed E-state index contributed by atoms with van der Waals surface area (Å²) in [6.45, 7) is 3.91. The van der Waals surface area contributed by atoms with E-state index >= 15 is 0 Å². The minimum absolute atomic E-state index is 0.0139. The smallest absolute Gasteiger partial charge is 0.308 e. The Balaban J connectivity index is 1.96. The second kappa shape index (κ2) is 7.25. The van der Waals surface area contributed by atoms with Gasteiger partial charge in [0.15, 0.2) is 0 Å². The second-order valence-corrected chi connectivity index (χ2v) is 6.40. The molecule has 2 fully saturated rings. The average Bonchev–Trinajstić information content (AvgIpc) is 3.17. The molecule has 2 rings (SSSR count). The minimum atomic E-state index is -0.849. The topological polar surface area (TPSA) is 66.8 Å². The molecular weight excluding hydrogens is 270 g/mol. The molecular formula is C16H27NO4. The molecule has 2 atom stereocenters. The maximum atomic E-state index is 12.7. The molecule has 0 spiro atoms. The third-order valence-corrected chi connectivity index (χ3v) is 4.47. The molecule has 21 heavy (non-hydrogen) atoms. The third-order valence-electron chi connectivity index (χ3n) is 4.47. The molecule has 0 radical (unpaired) electrons. The number of ether oxygens (including phenoxy) is 1. The standard InChI is InChI=1S/C16H27NO4/c1-3-14(21-13-6-4-5-7-13)15(18)17(12-8-9-12)10-11(2)16(19)20/h11-14H,3-10H2,1-2H3,(H,19,20). The Labute approximate surface area is 126 Å². The quantitative estimate of drug-likeness (QED) is 0.747. The number of rotatable bonds is 8. The van der Waals surface area contributed by atoms with E-state index in [-0.39, 0.29) is 18.1 Å². The maximum absolute atomic E-state index is 12.7. The largest absolute Gasteiger partial charge is 0.481 e. The molecule has 0 saturated heterocycles. The van der Waals surface area contributed by atoms with Gasteiger partial charge in [-0.25, -0.2) is 0 Å². The third kappa shape index (κ3) is 4.43. The van der Waals surface area contributed by atoms with Gasteiger partial charge in [-0.1, -0.05) is 26.7 Å². The van der Waals surface area contributed by atoms with Crippen molar-refractivity contribution in [1.29, 1.82) is 0 Å². The number of aliphatic carboxylic acids is 1. The van der Waals surface area contributed by atoms with Crippen molar-refractivity contribution in [2.75, 3.05) is 6.54 Å². The first-order valence-electron chi connectivity index (χ1n) is 8.21. The van der Waals surface area contributed by atoms with Gasteiger partial charge in [0.25, 0.3) is 5.91 Å². The van der Waals surface area contributed by atoms with E-state index in [1.807, 2.05) is 6.92 Å². The summed E-state index contributed by atoms with van der Waals surface area (Å²) >= 11 is 0. The van der Waals surface area contributed by atoms with Crippen molar-refractivity contribution in [2.45, 2.75) is 77.0 Å². The van der Waals surface area contributed by atoms with Crippen molar-refractivity contribution in [3.05, 3.63) is 0 Å². The van der Waals surface area contributed by atoms with Crippen molar-refractivity contribution < 1.29 is 19.4 Å². The van der Waals surface area contributed by atoms with Gasteiger partial charge in [0.2, 0.25) is 0 Å². The Morgan fingerprint density at radius 3 is 2.33 bits per heavy atom. The van der Waals surface area contributed by atoms with Crippen molar-refractivity contribution in [1.82, 2.24) is 4.90 Å². The lowest BCUT2D eigenvalue weighted by Gasteiger charge is -2.29. The van der Waals surface area contributed by atoms with E-state index in [1.54, 1.807) is 11.8 Å². The van der Waals surface area contributed by atoms with Gasteiger partial charge in [0.05, 0.1) is 12.0 Å². The molecule has 120 valence electrons. The summed E-state index contributed by atoms with van der Waals surface area (Å²) in [5.74, 6) is -1.39. The molecule has 5 heteroatoms. The molecule has 2 aliphatic rings. The Hall–Kier alpha value is -1.10. The lowest BCUT2D eigenvalue weighted by Crippen LogP contribution is -2.45.